The van der Waals surface area contributed by atoms with Gasteiger partial charge in [0.2, 0.25) is 0 Å². The summed E-state index contributed by atoms with van der Waals surface area (Å²) in [7, 11) is 0. The van der Waals surface area contributed by atoms with E-state index >= 15 is 0 Å². The number of nitrogens with zero attached hydrogens (tertiary/aromatic N) is 2. The molecule has 0 saturated carbocycles. The summed E-state index contributed by atoms with van der Waals surface area (Å²) in [5, 5.41) is 19.6. The van der Waals surface area contributed by atoms with E-state index in [0.717, 1.165) is 5.01 Å². The van der Waals surface area contributed by atoms with Crippen LogP contribution in [-0.2, 0) is 4.79 Å². The molecular weight excluding hydrogens is 268 g/mol. The molecule has 0 aliphatic carbocycles. The molecule has 19 heavy (non-hydrogen) atoms. The highest BCUT2D eigenvalue weighted by Crippen LogP contribution is 2.26. The fraction of sp³-hybridized carbons (Fsp3) is 0.583. The third-order valence-corrected chi connectivity index (χ3v) is 4.43. The number of carbonyl (C=O) groups is 2. The van der Waals surface area contributed by atoms with E-state index in [9.17, 15) is 14.7 Å². The lowest BCUT2D eigenvalue weighted by Gasteiger charge is -2.35. The van der Waals surface area contributed by atoms with Crippen LogP contribution in [0.5, 0.6) is 0 Å². The van der Waals surface area contributed by atoms with Crippen LogP contribution in [0.15, 0.2) is 0 Å². The minimum absolute atomic E-state index is 0.0604. The van der Waals surface area contributed by atoms with Gasteiger partial charge in [0.15, 0.2) is 5.60 Å². The summed E-state index contributed by atoms with van der Waals surface area (Å²) in [6.07, 6.45) is 0.121. The van der Waals surface area contributed by atoms with Crippen LogP contribution in [-0.4, -0.2) is 50.7 Å². The molecule has 1 aliphatic heterocycles. The number of hydrogen-bond acceptors (Lipinski definition) is 5. The highest BCUT2D eigenvalue weighted by Gasteiger charge is 2.40. The van der Waals surface area contributed by atoms with E-state index in [-0.39, 0.29) is 31.8 Å². The number of aromatic nitrogens is 1. The number of rotatable bonds is 2. The highest BCUT2D eigenvalue weighted by molar-refractivity contribution is 7.13. The minimum atomic E-state index is -1.70. The number of hydrogen-bond donors (Lipinski definition) is 2. The molecule has 7 heteroatoms. The maximum Gasteiger partial charge on any atom is 0.335 e. The quantitative estimate of drug-likeness (QED) is 0.838. The van der Waals surface area contributed by atoms with Crippen molar-refractivity contribution in [2.75, 3.05) is 13.1 Å². The SMILES string of the molecule is Cc1nc(C)c(C(=O)N2CCC(O)(C(=O)O)CC2)s1. The molecule has 2 N–H and O–H groups in total. The number of carbonyl (C=O) groups excluding carboxylic acids is 1. The van der Waals surface area contributed by atoms with Crippen LogP contribution in [0.25, 0.3) is 0 Å². The maximum absolute atomic E-state index is 12.3. The second-order valence-corrected chi connectivity index (χ2v) is 5.98. The van der Waals surface area contributed by atoms with E-state index in [0.29, 0.717) is 10.6 Å². The number of thiazole rings is 1. The molecule has 2 rings (SSSR count). The van der Waals surface area contributed by atoms with Gasteiger partial charge in [0.05, 0.1) is 10.7 Å². The summed E-state index contributed by atoms with van der Waals surface area (Å²) in [6.45, 7) is 4.12. The summed E-state index contributed by atoms with van der Waals surface area (Å²) in [5.74, 6) is -1.35. The van der Waals surface area contributed by atoms with Crippen LogP contribution in [0.3, 0.4) is 0 Å². The Hall–Kier alpha value is -1.47. The third kappa shape index (κ3) is 2.62. The molecule has 0 bridgehead atoms. The van der Waals surface area contributed by atoms with Crippen LogP contribution < -0.4 is 0 Å². The maximum atomic E-state index is 12.3. The first-order chi connectivity index (χ1) is 8.83. The van der Waals surface area contributed by atoms with E-state index < -0.39 is 11.6 Å². The first kappa shape index (κ1) is 14.0. The molecular formula is C12H16N2O4S. The number of carboxylic acids is 1. The standard InChI is InChI=1S/C12H16N2O4S/c1-7-9(19-8(2)13-7)10(15)14-5-3-12(18,4-6-14)11(16)17/h18H,3-6H2,1-2H3,(H,16,17). The summed E-state index contributed by atoms with van der Waals surface area (Å²) in [5.41, 5.74) is -0.998. The van der Waals surface area contributed by atoms with Gasteiger partial charge in [-0.15, -0.1) is 11.3 Å². The lowest BCUT2D eigenvalue weighted by atomic mass is 9.91. The molecule has 1 fully saturated rings. The Morgan fingerprint density at radius 1 is 1.32 bits per heavy atom. The second-order valence-electron chi connectivity index (χ2n) is 4.78. The number of aliphatic carboxylic acids is 1. The molecule has 0 spiro atoms. The largest absolute Gasteiger partial charge is 0.479 e. The third-order valence-electron chi connectivity index (χ3n) is 3.37. The number of carboxylic acid groups (broad SMARTS) is 1. The van der Waals surface area contributed by atoms with Gasteiger partial charge >= 0.3 is 5.97 Å². The zero-order chi connectivity index (χ0) is 14.2. The molecule has 104 valence electrons. The van der Waals surface area contributed by atoms with Crippen LogP contribution in [0.4, 0.5) is 0 Å². The normalized spacial score (nSPS) is 18.4. The van der Waals surface area contributed by atoms with Gasteiger partial charge in [-0.1, -0.05) is 0 Å². The van der Waals surface area contributed by atoms with E-state index in [2.05, 4.69) is 4.98 Å². The average molecular weight is 284 g/mol. The Balaban J connectivity index is 2.08. The lowest BCUT2D eigenvalue weighted by Crippen LogP contribution is -2.50. The zero-order valence-corrected chi connectivity index (χ0v) is 11.7. The summed E-state index contributed by atoms with van der Waals surface area (Å²) < 4.78 is 0. The molecule has 1 aromatic rings. The predicted molar refractivity (Wildman–Crippen MR) is 69.3 cm³/mol. The Morgan fingerprint density at radius 2 is 1.89 bits per heavy atom. The minimum Gasteiger partial charge on any atom is -0.479 e. The summed E-state index contributed by atoms with van der Waals surface area (Å²) in [4.78, 5) is 29.6. The molecule has 0 atom stereocenters. The van der Waals surface area contributed by atoms with Crippen molar-refractivity contribution in [3.63, 3.8) is 0 Å². The van der Waals surface area contributed by atoms with Crippen LogP contribution in [0, 0.1) is 13.8 Å². The summed E-state index contributed by atoms with van der Waals surface area (Å²) in [6, 6.07) is 0. The van der Waals surface area contributed by atoms with Gasteiger partial charge in [-0.3, -0.25) is 4.79 Å². The van der Waals surface area contributed by atoms with Gasteiger partial charge in [0.25, 0.3) is 5.91 Å². The van der Waals surface area contributed by atoms with Crippen molar-refractivity contribution in [1.82, 2.24) is 9.88 Å². The topological polar surface area (TPSA) is 90.7 Å². The first-order valence-electron chi connectivity index (χ1n) is 6.02. The number of aliphatic hydroxyl groups is 1. The van der Waals surface area contributed by atoms with Crippen molar-refractivity contribution >= 4 is 23.2 Å². The van der Waals surface area contributed by atoms with Gasteiger partial charge in [-0.2, -0.15) is 0 Å². The van der Waals surface area contributed by atoms with Crippen LogP contribution in [0.1, 0.15) is 33.2 Å². The zero-order valence-electron chi connectivity index (χ0n) is 10.8. The number of amides is 1. The van der Waals surface area contributed by atoms with Crippen LogP contribution >= 0.6 is 11.3 Å². The highest BCUT2D eigenvalue weighted by atomic mass is 32.1. The van der Waals surface area contributed by atoms with Crippen molar-refractivity contribution in [2.45, 2.75) is 32.3 Å². The van der Waals surface area contributed by atoms with Crippen molar-refractivity contribution in [3.05, 3.63) is 15.6 Å². The molecule has 0 unspecified atom stereocenters. The Labute approximate surface area is 114 Å². The van der Waals surface area contributed by atoms with Gasteiger partial charge in [-0.05, 0) is 13.8 Å². The molecule has 1 aromatic heterocycles. The molecule has 0 aromatic carbocycles. The predicted octanol–water partition coefficient (Wildman–Crippen LogP) is 0.812. The smallest absolute Gasteiger partial charge is 0.335 e. The summed E-state index contributed by atoms with van der Waals surface area (Å²) >= 11 is 1.34. The fourth-order valence-electron chi connectivity index (χ4n) is 2.17. The first-order valence-corrected chi connectivity index (χ1v) is 6.84. The number of likely N-dealkylation sites (tertiary alicyclic amines) is 1. The molecule has 1 aliphatic rings. The Morgan fingerprint density at radius 3 is 2.32 bits per heavy atom. The molecule has 0 radical (unpaired) electrons. The van der Waals surface area contributed by atoms with Crippen molar-refractivity contribution in [3.8, 4) is 0 Å². The van der Waals surface area contributed by atoms with Gasteiger partial charge in [0, 0.05) is 25.9 Å². The van der Waals surface area contributed by atoms with E-state index in [1.54, 1.807) is 11.8 Å². The van der Waals surface area contributed by atoms with E-state index in [1.807, 2.05) is 6.92 Å². The molecule has 2 heterocycles. The molecule has 1 amide bonds. The van der Waals surface area contributed by atoms with Crippen molar-refractivity contribution in [2.24, 2.45) is 0 Å². The average Bonchev–Trinajstić information content (AvgIpc) is 2.68. The van der Waals surface area contributed by atoms with Crippen molar-refractivity contribution < 1.29 is 19.8 Å². The number of aryl methyl sites for hydroxylation is 2. The fourth-order valence-corrected chi connectivity index (χ4v) is 3.05. The monoisotopic (exact) mass is 284 g/mol. The number of piperidine rings is 1. The van der Waals surface area contributed by atoms with Gasteiger partial charge in [-0.25, -0.2) is 9.78 Å². The molecule has 1 saturated heterocycles. The Kier molecular flexibility index (Phi) is 3.60. The van der Waals surface area contributed by atoms with Gasteiger partial charge < -0.3 is 15.1 Å². The van der Waals surface area contributed by atoms with Crippen LogP contribution in [0.2, 0.25) is 0 Å². The van der Waals surface area contributed by atoms with E-state index in [4.69, 9.17) is 5.11 Å². The Bertz CT molecular complexity index is 518. The second kappa shape index (κ2) is 4.90. The van der Waals surface area contributed by atoms with Crippen molar-refractivity contribution in [1.29, 1.82) is 0 Å². The lowest BCUT2D eigenvalue weighted by molar-refractivity contribution is -0.162. The van der Waals surface area contributed by atoms with E-state index in [1.165, 1.54) is 11.3 Å². The molecule has 6 nitrogen and oxygen atoms in total. The van der Waals surface area contributed by atoms with Gasteiger partial charge in [0.1, 0.15) is 4.88 Å².